The highest BCUT2D eigenvalue weighted by Crippen LogP contribution is 2.43. The molecular weight excluding hydrogens is 286 g/mol. The zero-order valence-corrected chi connectivity index (χ0v) is 11.3. The number of nitro groups is 2. The minimum atomic E-state index is -0.997. The topological polar surface area (TPSA) is 142 Å². The third-order valence-electron chi connectivity index (χ3n) is 2.48. The average molecular weight is 297 g/mol. The van der Waals surface area contributed by atoms with Crippen LogP contribution in [0.5, 0.6) is 5.75 Å². The number of nitrogens with zero attached hydrogens (tertiary/aromatic N) is 2. The number of rotatable bonds is 5. The zero-order chi connectivity index (χ0) is 16.3. The van der Waals surface area contributed by atoms with E-state index < -0.39 is 44.3 Å². The van der Waals surface area contributed by atoms with E-state index in [1.807, 2.05) is 0 Å². The van der Waals surface area contributed by atoms with Gasteiger partial charge in [-0.05, 0) is 6.92 Å². The third kappa shape index (κ3) is 3.11. The quantitative estimate of drug-likeness (QED) is 0.284. The van der Waals surface area contributed by atoms with Gasteiger partial charge in [-0.15, -0.1) is 0 Å². The highest BCUT2D eigenvalue weighted by Gasteiger charge is 2.36. The van der Waals surface area contributed by atoms with Crippen LogP contribution < -0.4 is 10.1 Å². The molecule has 0 saturated heterocycles. The smallest absolute Gasteiger partial charge is 0.331 e. The SMILES string of the molecule is CNc1cc([N+](=O)[O-])c(C(C)=O)c([N+](=O)[O-])c1OC(C)=O. The molecule has 0 saturated carbocycles. The molecule has 0 aliphatic rings. The Kier molecular flexibility index (Phi) is 4.53. The van der Waals surface area contributed by atoms with Crippen molar-refractivity contribution in [3.8, 4) is 5.75 Å². The van der Waals surface area contributed by atoms with E-state index in [1.54, 1.807) is 0 Å². The standard InChI is InChI=1S/C11H11N3O7/c1-5(15)9-8(13(17)18)4-7(12-3)11(21-6(2)16)10(9)14(19)20/h4,12H,1-3H3. The maximum atomic E-state index is 11.6. The van der Waals surface area contributed by atoms with E-state index in [9.17, 15) is 29.8 Å². The van der Waals surface area contributed by atoms with Crippen molar-refractivity contribution >= 4 is 28.8 Å². The van der Waals surface area contributed by atoms with Gasteiger partial charge in [0.1, 0.15) is 0 Å². The lowest BCUT2D eigenvalue weighted by atomic mass is 10.0. The molecule has 0 fully saturated rings. The fraction of sp³-hybridized carbons (Fsp3) is 0.273. The molecule has 0 spiro atoms. The van der Waals surface area contributed by atoms with Gasteiger partial charge in [-0.2, -0.15) is 0 Å². The third-order valence-corrected chi connectivity index (χ3v) is 2.48. The number of ketones is 1. The van der Waals surface area contributed by atoms with Crippen molar-refractivity contribution in [3.63, 3.8) is 0 Å². The normalized spacial score (nSPS) is 9.86. The number of carbonyl (C=O) groups excluding carboxylic acids is 2. The number of benzene rings is 1. The van der Waals surface area contributed by atoms with Crippen molar-refractivity contribution in [3.05, 3.63) is 31.9 Å². The van der Waals surface area contributed by atoms with E-state index in [2.05, 4.69) is 5.32 Å². The first-order valence-corrected chi connectivity index (χ1v) is 5.57. The second-order valence-corrected chi connectivity index (χ2v) is 3.91. The summed E-state index contributed by atoms with van der Waals surface area (Å²) in [6.45, 7) is 1.96. The lowest BCUT2D eigenvalue weighted by molar-refractivity contribution is -0.394. The highest BCUT2D eigenvalue weighted by atomic mass is 16.6. The fourth-order valence-corrected chi connectivity index (χ4v) is 1.73. The van der Waals surface area contributed by atoms with E-state index in [0.717, 1.165) is 19.9 Å². The first-order chi connectivity index (χ1) is 9.70. The van der Waals surface area contributed by atoms with Crippen LogP contribution in [0.1, 0.15) is 24.2 Å². The molecule has 10 nitrogen and oxygen atoms in total. The lowest BCUT2D eigenvalue weighted by Gasteiger charge is -2.11. The summed E-state index contributed by atoms with van der Waals surface area (Å²) in [7, 11) is 1.34. The minimum absolute atomic E-state index is 0.145. The number of esters is 1. The fourth-order valence-electron chi connectivity index (χ4n) is 1.73. The number of carbonyl (C=O) groups is 2. The Bertz CT molecular complexity index is 654. The Morgan fingerprint density at radius 1 is 1.19 bits per heavy atom. The summed E-state index contributed by atoms with van der Waals surface area (Å²) in [4.78, 5) is 42.9. The summed E-state index contributed by atoms with van der Waals surface area (Å²) in [6.07, 6.45) is 0. The molecule has 1 N–H and O–H groups in total. The Morgan fingerprint density at radius 2 is 1.76 bits per heavy atom. The van der Waals surface area contributed by atoms with Gasteiger partial charge < -0.3 is 10.1 Å². The predicted molar refractivity (Wildman–Crippen MR) is 70.6 cm³/mol. The molecule has 0 heterocycles. The number of Topliss-reactive ketones (excluding diaryl/α,β-unsaturated/α-hetero) is 1. The first kappa shape index (κ1) is 16.0. The summed E-state index contributed by atoms with van der Waals surface area (Å²) in [5.41, 5.74) is -2.53. The number of nitrogens with one attached hydrogen (secondary N) is 1. The Labute approximate surface area is 118 Å². The largest absolute Gasteiger partial charge is 0.417 e. The zero-order valence-electron chi connectivity index (χ0n) is 11.3. The van der Waals surface area contributed by atoms with Crippen LogP contribution in [-0.2, 0) is 4.79 Å². The molecule has 0 amide bonds. The van der Waals surface area contributed by atoms with Crippen LogP contribution in [-0.4, -0.2) is 28.6 Å². The molecule has 0 unspecified atom stereocenters. The summed E-state index contributed by atoms with van der Waals surface area (Å²) in [5, 5.41) is 24.6. The number of ether oxygens (including phenoxy) is 1. The number of hydrogen-bond donors (Lipinski definition) is 1. The van der Waals surface area contributed by atoms with Crippen LogP contribution in [0.4, 0.5) is 17.1 Å². The van der Waals surface area contributed by atoms with Gasteiger partial charge in [0.2, 0.25) is 5.75 Å². The maximum absolute atomic E-state index is 11.6. The Hall–Kier alpha value is -3.04. The molecule has 0 radical (unpaired) electrons. The van der Waals surface area contributed by atoms with E-state index in [-0.39, 0.29) is 5.69 Å². The van der Waals surface area contributed by atoms with Crippen LogP contribution >= 0.6 is 0 Å². The minimum Gasteiger partial charge on any atom is -0.417 e. The van der Waals surface area contributed by atoms with E-state index in [0.29, 0.717) is 0 Å². The van der Waals surface area contributed by atoms with Crippen molar-refractivity contribution in [1.29, 1.82) is 0 Å². The molecule has 1 rings (SSSR count). The Balaban J connectivity index is 3.90. The van der Waals surface area contributed by atoms with Crippen molar-refractivity contribution < 1.29 is 24.2 Å². The second-order valence-electron chi connectivity index (χ2n) is 3.91. The van der Waals surface area contributed by atoms with Crippen LogP contribution in [0.2, 0.25) is 0 Å². The van der Waals surface area contributed by atoms with E-state index in [4.69, 9.17) is 4.74 Å². The van der Waals surface area contributed by atoms with Gasteiger partial charge in [-0.25, -0.2) is 0 Å². The monoisotopic (exact) mass is 297 g/mol. The molecule has 0 aliphatic heterocycles. The van der Waals surface area contributed by atoms with Gasteiger partial charge in [0, 0.05) is 20.0 Å². The van der Waals surface area contributed by atoms with Crippen molar-refractivity contribution in [1.82, 2.24) is 0 Å². The lowest BCUT2D eigenvalue weighted by Crippen LogP contribution is -2.12. The molecule has 1 aromatic rings. The molecule has 0 bridgehead atoms. The van der Waals surface area contributed by atoms with Crippen molar-refractivity contribution in [2.24, 2.45) is 0 Å². The van der Waals surface area contributed by atoms with Gasteiger partial charge in [-0.1, -0.05) is 0 Å². The summed E-state index contributed by atoms with van der Waals surface area (Å²) >= 11 is 0. The summed E-state index contributed by atoms with van der Waals surface area (Å²) in [6, 6.07) is 0.905. The molecule has 1 aromatic carbocycles. The van der Waals surface area contributed by atoms with Crippen LogP contribution in [0.15, 0.2) is 6.07 Å². The van der Waals surface area contributed by atoms with E-state index in [1.165, 1.54) is 7.05 Å². The van der Waals surface area contributed by atoms with Crippen LogP contribution in [0, 0.1) is 20.2 Å². The average Bonchev–Trinajstić information content (AvgIpc) is 2.36. The molecule has 0 aromatic heterocycles. The molecule has 112 valence electrons. The van der Waals surface area contributed by atoms with Crippen LogP contribution in [0.25, 0.3) is 0 Å². The van der Waals surface area contributed by atoms with Gasteiger partial charge >= 0.3 is 11.7 Å². The van der Waals surface area contributed by atoms with Gasteiger partial charge in [0.15, 0.2) is 11.3 Å². The summed E-state index contributed by atoms with van der Waals surface area (Å²) in [5.74, 6) is -2.28. The molecule has 10 heteroatoms. The molecule has 0 atom stereocenters. The number of anilines is 1. The molecule has 21 heavy (non-hydrogen) atoms. The van der Waals surface area contributed by atoms with Gasteiger partial charge in [0.05, 0.1) is 15.5 Å². The first-order valence-electron chi connectivity index (χ1n) is 5.57. The Morgan fingerprint density at radius 3 is 2.10 bits per heavy atom. The second kappa shape index (κ2) is 5.94. The van der Waals surface area contributed by atoms with Crippen molar-refractivity contribution in [2.75, 3.05) is 12.4 Å². The van der Waals surface area contributed by atoms with Gasteiger partial charge in [0.25, 0.3) is 5.69 Å². The summed E-state index contributed by atoms with van der Waals surface area (Å²) < 4.78 is 4.74. The van der Waals surface area contributed by atoms with Crippen molar-refractivity contribution in [2.45, 2.75) is 13.8 Å². The highest BCUT2D eigenvalue weighted by molar-refractivity contribution is 6.05. The predicted octanol–water partition coefficient (Wildman–Crippen LogP) is 1.67. The van der Waals surface area contributed by atoms with Gasteiger partial charge in [-0.3, -0.25) is 29.8 Å². The number of nitro benzene ring substituents is 2. The van der Waals surface area contributed by atoms with E-state index >= 15 is 0 Å². The maximum Gasteiger partial charge on any atom is 0.331 e. The van der Waals surface area contributed by atoms with Crippen LogP contribution in [0.3, 0.4) is 0 Å². The molecule has 0 aliphatic carbocycles. The molecular formula is C11H11N3O7. The number of hydrogen-bond acceptors (Lipinski definition) is 8.